The lowest BCUT2D eigenvalue weighted by Gasteiger charge is -2.16. The van der Waals surface area contributed by atoms with Crippen LogP contribution < -0.4 is 10.9 Å². The first-order valence-electron chi connectivity index (χ1n) is 9.32. The number of hydrogen-bond donors (Lipinski definition) is 1. The minimum Gasteiger partial charge on any atom is -0.465 e. The van der Waals surface area contributed by atoms with E-state index >= 15 is 0 Å². The summed E-state index contributed by atoms with van der Waals surface area (Å²) in [7, 11) is 1.29. The molecule has 0 saturated carbocycles. The highest BCUT2D eigenvalue weighted by Crippen LogP contribution is 2.26. The lowest BCUT2D eigenvalue weighted by Crippen LogP contribution is -2.31. The predicted octanol–water partition coefficient (Wildman–Crippen LogP) is 4.14. The van der Waals surface area contributed by atoms with Gasteiger partial charge in [0.05, 0.1) is 12.7 Å². The molecule has 0 radical (unpaired) electrons. The van der Waals surface area contributed by atoms with Crippen LogP contribution in [0.25, 0.3) is 11.1 Å². The van der Waals surface area contributed by atoms with Crippen LogP contribution in [-0.4, -0.2) is 23.6 Å². The fourth-order valence-electron chi connectivity index (χ4n) is 3.04. The fourth-order valence-corrected chi connectivity index (χ4v) is 3.21. The van der Waals surface area contributed by atoms with Crippen molar-refractivity contribution in [2.75, 3.05) is 12.4 Å². The smallest absolute Gasteiger partial charge is 0.337 e. The van der Waals surface area contributed by atoms with E-state index in [1.165, 1.54) is 17.7 Å². The van der Waals surface area contributed by atoms with Gasteiger partial charge in [0.1, 0.15) is 6.04 Å². The topological polar surface area (TPSA) is 77.4 Å². The van der Waals surface area contributed by atoms with Gasteiger partial charge in [0.15, 0.2) is 0 Å². The maximum Gasteiger partial charge on any atom is 0.337 e. The lowest BCUT2D eigenvalue weighted by molar-refractivity contribution is -0.118. The summed E-state index contributed by atoms with van der Waals surface area (Å²) in [6, 6.07) is 13.7. The number of ether oxygens (including phenoxy) is 1. The molecule has 0 unspecified atom stereocenters. The molecule has 1 amide bonds. The second-order valence-electron chi connectivity index (χ2n) is 6.73. The van der Waals surface area contributed by atoms with E-state index in [1.54, 1.807) is 61.7 Å². The number of anilines is 1. The Balaban J connectivity index is 1.81. The Morgan fingerprint density at radius 1 is 1.13 bits per heavy atom. The van der Waals surface area contributed by atoms with Gasteiger partial charge in [-0.25, -0.2) is 4.79 Å². The molecule has 0 aliphatic rings. The summed E-state index contributed by atoms with van der Waals surface area (Å²) in [6.07, 6.45) is 7.09. The fraction of sp³-hybridized carbons (Fsp3) is 0.125. The zero-order chi connectivity index (χ0) is 22.5. The van der Waals surface area contributed by atoms with Crippen molar-refractivity contribution in [1.82, 2.24) is 4.57 Å². The van der Waals surface area contributed by atoms with Gasteiger partial charge in [-0.1, -0.05) is 17.5 Å². The summed E-state index contributed by atoms with van der Waals surface area (Å²) < 4.78 is 5.97. The number of nitrogens with zero attached hydrogens (tertiary/aromatic N) is 1. The second kappa shape index (κ2) is 9.33. The van der Waals surface area contributed by atoms with Crippen molar-refractivity contribution in [1.29, 1.82) is 0 Å². The number of esters is 1. The van der Waals surface area contributed by atoms with E-state index in [2.05, 4.69) is 16.0 Å². The molecular weight excluding hydrogens is 416 g/mol. The van der Waals surface area contributed by atoms with Gasteiger partial charge in [0, 0.05) is 28.5 Å². The highest BCUT2D eigenvalue weighted by atomic mass is 35.5. The Bertz CT molecular complexity index is 1240. The third kappa shape index (κ3) is 4.85. The van der Waals surface area contributed by atoms with E-state index in [0.717, 1.165) is 0 Å². The molecule has 1 N–H and O–H groups in total. The van der Waals surface area contributed by atoms with Crippen molar-refractivity contribution < 1.29 is 14.3 Å². The summed E-state index contributed by atoms with van der Waals surface area (Å²) in [5.41, 5.74) is 2.40. The predicted molar refractivity (Wildman–Crippen MR) is 120 cm³/mol. The van der Waals surface area contributed by atoms with Gasteiger partial charge in [-0.05, 0) is 66.6 Å². The normalized spacial score (nSPS) is 11.3. The van der Waals surface area contributed by atoms with Crippen LogP contribution in [0.1, 0.15) is 28.9 Å². The number of carbonyl (C=O) groups is 2. The molecule has 0 aliphatic carbocycles. The number of benzene rings is 2. The number of terminal acetylenes is 1. The second-order valence-corrected chi connectivity index (χ2v) is 7.17. The van der Waals surface area contributed by atoms with E-state index in [0.29, 0.717) is 33.0 Å². The number of aromatic nitrogens is 1. The van der Waals surface area contributed by atoms with Gasteiger partial charge in [-0.2, -0.15) is 0 Å². The molecule has 7 heteroatoms. The Labute approximate surface area is 184 Å². The number of carbonyl (C=O) groups excluding carboxylic acids is 2. The summed E-state index contributed by atoms with van der Waals surface area (Å²) in [5.74, 6) is 1.73. The molecule has 1 atom stereocenters. The average molecular weight is 435 g/mol. The lowest BCUT2D eigenvalue weighted by atomic mass is 10.0. The molecular formula is C24H19ClN2O4. The van der Waals surface area contributed by atoms with Crippen LogP contribution >= 0.6 is 11.6 Å². The molecule has 0 saturated heterocycles. The van der Waals surface area contributed by atoms with Crippen LogP contribution in [0.15, 0.2) is 65.6 Å². The Hall–Kier alpha value is -3.82. The molecule has 156 valence electrons. The third-order valence-corrected chi connectivity index (χ3v) is 5.00. The first-order chi connectivity index (χ1) is 14.8. The molecule has 6 nitrogen and oxygen atoms in total. The van der Waals surface area contributed by atoms with Gasteiger partial charge in [-0.3, -0.25) is 9.59 Å². The van der Waals surface area contributed by atoms with Crippen molar-refractivity contribution in [2.45, 2.75) is 13.0 Å². The monoisotopic (exact) mass is 434 g/mol. The van der Waals surface area contributed by atoms with E-state index in [4.69, 9.17) is 18.0 Å². The van der Waals surface area contributed by atoms with Crippen LogP contribution in [-0.2, 0) is 9.53 Å². The summed E-state index contributed by atoms with van der Waals surface area (Å²) in [4.78, 5) is 36.8. The molecule has 3 rings (SSSR count). The summed E-state index contributed by atoms with van der Waals surface area (Å²) in [6.45, 7) is 1.62. The van der Waals surface area contributed by atoms with E-state index < -0.39 is 12.0 Å². The molecule has 0 aliphatic heterocycles. The van der Waals surface area contributed by atoms with E-state index in [-0.39, 0.29) is 11.5 Å². The number of nitrogens with one attached hydrogen (secondary N) is 1. The van der Waals surface area contributed by atoms with Crippen molar-refractivity contribution in [3.8, 4) is 23.5 Å². The van der Waals surface area contributed by atoms with Crippen molar-refractivity contribution in [3.63, 3.8) is 0 Å². The molecule has 0 bridgehead atoms. The number of halogens is 1. The van der Waals surface area contributed by atoms with Gasteiger partial charge >= 0.3 is 5.97 Å². The number of methoxy groups -OCH3 is 1. The molecule has 3 aromatic rings. The molecule has 1 aromatic heterocycles. The van der Waals surface area contributed by atoms with Crippen LogP contribution in [0.2, 0.25) is 5.02 Å². The minimum atomic E-state index is -0.770. The number of pyridine rings is 1. The Kier molecular flexibility index (Phi) is 6.58. The van der Waals surface area contributed by atoms with Crippen molar-refractivity contribution in [3.05, 3.63) is 87.3 Å². The van der Waals surface area contributed by atoms with Crippen LogP contribution in [0.4, 0.5) is 5.69 Å². The van der Waals surface area contributed by atoms with Gasteiger partial charge in [0.2, 0.25) is 5.91 Å². The van der Waals surface area contributed by atoms with Gasteiger partial charge < -0.3 is 14.6 Å². The zero-order valence-corrected chi connectivity index (χ0v) is 17.6. The summed E-state index contributed by atoms with van der Waals surface area (Å²) in [5, 5.41) is 3.23. The maximum atomic E-state index is 12.7. The molecule has 31 heavy (non-hydrogen) atoms. The summed E-state index contributed by atoms with van der Waals surface area (Å²) >= 11 is 6.07. The molecule has 1 heterocycles. The number of rotatable bonds is 5. The van der Waals surface area contributed by atoms with Crippen LogP contribution in [0.3, 0.4) is 0 Å². The first-order valence-corrected chi connectivity index (χ1v) is 9.70. The van der Waals surface area contributed by atoms with Crippen molar-refractivity contribution >= 4 is 29.2 Å². The van der Waals surface area contributed by atoms with Crippen LogP contribution in [0.5, 0.6) is 0 Å². The first kappa shape index (κ1) is 21.9. The van der Waals surface area contributed by atoms with Crippen LogP contribution in [0, 0.1) is 12.3 Å². The SMILES string of the molecule is C#Cc1ccc(Cl)cc1-c1ccn([C@@H](C)C(=O)Nc2ccc(C(=O)OC)cc2)c(=O)c1. The largest absolute Gasteiger partial charge is 0.465 e. The molecule has 0 spiro atoms. The third-order valence-electron chi connectivity index (χ3n) is 4.77. The average Bonchev–Trinajstić information content (AvgIpc) is 2.78. The number of hydrogen-bond acceptors (Lipinski definition) is 4. The molecule has 2 aromatic carbocycles. The van der Waals surface area contributed by atoms with Crippen molar-refractivity contribution in [2.24, 2.45) is 0 Å². The Morgan fingerprint density at radius 2 is 1.84 bits per heavy atom. The van der Waals surface area contributed by atoms with E-state index in [1.807, 2.05) is 0 Å². The maximum absolute atomic E-state index is 12.7. The highest BCUT2D eigenvalue weighted by Gasteiger charge is 2.17. The molecule has 0 fully saturated rings. The van der Waals surface area contributed by atoms with Gasteiger partial charge in [-0.15, -0.1) is 6.42 Å². The number of amides is 1. The zero-order valence-electron chi connectivity index (χ0n) is 16.9. The minimum absolute atomic E-state index is 0.357. The quantitative estimate of drug-likeness (QED) is 0.483. The van der Waals surface area contributed by atoms with E-state index in [9.17, 15) is 14.4 Å². The standard InChI is InChI=1S/C24H19ClN2O4/c1-4-16-5-8-19(25)14-21(16)18-11-12-27(22(28)13-18)15(2)23(29)26-20-9-6-17(7-10-20)24(30)31-3/h1,5-15H,2-3H3,(H,26,29)/t15-/m0/s1. The van der Waals surface area contributed by atoms with Gasteiger partial charge in [0.25, 0.3) is 5.56 Å². The Morgan fingerprint density at radius 3 is 2.45 bits per heavy atom. The highest BCUT2D eigenvalue weighted by molar-refractivity contribution is 6.30.